The number of nitrogens with zero attached hydrogens (tertiary/aromatic N) is 3. The van der Waals surface area contributed by atoms with E-state index in [1.165, 1.54) is 5.56 Å². The summed E-state index contributed by atoms with van der Waals surface area (Å²) >= 11 is 0. The van der Waals surface area contributed by atoms with Gasteiger partial charge in [0.1, 0.15) is 17.0 Å². The largest absolute Gasteiger partial charge is 0.443 e. The summed E-state index contributed by atoms with van der Waals surface area (Å²) in [6.45, 7) is 13.3. The van der Waals surface area contributed by atoms with Crippen molar-refractivity contribution in [1.82, 2.24) is 9.62 Å². The number of piperidine rings is 1. The van der Waals surface area contributed by atoms with Crippen molar-refractivity contribution in [3.05, 3.63) is 28.8 Å². The van der Waals surface area contributed by atoms with Crippen molar-refractivity contribution in [3.8, 4) is 0 Å². The molecule has 1 aromatic carbocycles. The number of anilines is 1. The second kappa shape index (κ2) is 12.5. The lowest BCUT2D eigenvalue weighted by Crippen LogP contribution is -2.48. The molecule has 0 radical (unpaired) electrons. The smallest absolute Gasteiger partial charge is 0.414 e. The Balaban J connectivity index is 1.35. The van der Waals surface area contributed by atoms with Crippen molar-refractivity contribution in [2.24, 2.45) is 10.4 Å². The Kier molecular flexibility index (Phi) is 9.77. The molecule has 43 heavy (non-hydrogen) atoms. The van der Waals surface area contributed by atoms with E-state index in [0.717, 1.165) is 54.9 Å². The SMILES string of the molecule is C/C=S(/CCc1c(C)cc(N(C)C(=O)OC(C)(C)C)cc1C)N1CCC2(CC1)N=C(C1(CCCC(F)(F)F)CC1)NC2=O. The zero-order valence-electron chi connectivity index (χ0n) is 26.6. The Labute approximate surface area is 256 Å². The first-order chi connectivity index (χ1) is 20.0. The maximum Gasteiger partial charge on any atom is 0.414 e. The summed E-state index contributed by atoms with van der Waals surface area (Å²) < 4.78 is 46.0. The molecule has 1 aromatic rings. The lowest BCUT2D eigenvalue weighted by Gasteiger charge is -2.37. The third-order valence-corrected chi connectivity index (χ3v) is 11.1. The van der Waals surface area contributed by atoms with Gasteiger partial charge in [0.05, 0.1) is 0 Å². The summed E-state index contributed by atoms with van der Waals surface area (Å²) in [6.07, 6.45) is -1.15. The van der Waals surface area contributed by atoms with Crippen molar-refractivity contribution >= 4 is 39.6 Å². The van der Waals surface area contributed by atoms with Gasteiger partial charge in [-0.05, 0) is 115 Å². The van der Waals surface area contributed by atoms with Crippen molar-refractivity contribution in [3.63, 3.8) is 0 Å². The number of halogens is 3. The highest BCUT2D eigenvalue weighted by Gasteiger charge is 2.55. The van der Waals surface area contributed by atoms with Crippen molar-refractivity contribution < 1.29 is 27.5 Å². The van der Waals surface area contributed by atoms with Gasteiger partial charge in [0.25, 0.3) is 5.91 Å². The van der Waals surface area contributed by atoms with E-state index in [-0.39, 0.29) is 34.5 Å². The first-order valence-electron chi connectivity index (χ1n) is 15.3. The number of carbonyl (C=O) groups is 2. The first-order valence-corrected chi connectivity index (χ1v) is 16.7. The summed E-state index contributed by atoms with van der Waals surface area (Å²) in [6, 6.07) is 4.07. The molecule has 2 amide bonds. The number of carbonyl (C=O) groups excluding carboxylic acids is 2. The molecular formula is C32H47F3N4O3S. The van der Waals surface area contributed by atoms with Crippen molar-refractivity contribution in [2.45, 2.75) is 110 Å². The van der Waals surface area contributed by atoms with Gasteiger partial charge in [-0.1, -0.05) is 5.37 Å². The maximum absolute atomic E-state index is 13.1. The normalized spacial score (nSPS) is 20.6. The molecule has 1 saturated heterocycles. The molecule has 1 unspecified atom stereocenters. The molecule has 1 spiro atoms. The number of hydrogen-bond acceptors (Lipinski definition) is 5. The van der Waals surface area contributed by atoms with Crippen LogP contribution in [0.3, 0.4) is 0 Å². The molecule has 0 bridgehead atoms. The summed E-state index contributed by atoms with van der Waals surface area (Å²) in [5.74, 6) is 1.49. The molecule has 2 fully saturated rings. The molecule has 2 aliphatic heterocycles. The summed E-state index contributed by atoms with van der Waals surface area (Å²) in [4.78, 5) is 32.2. The van der Waals surface area contributed by atoms with E-state index >= 15 is 0 Å². The average Bonchev–Trinajstić information content (AvgIpc) is 3.62. The lowest BCUT2D eigenvalue weighted by atomic mass is 9.89. The molecule has 1 aliphatic carbocycles. The van der Waals surface area contributed by atoms with E-state index in [1.807, 2.05) is 32.9 Å². The van der Waals surface area contributed by atoms with Gasteiger partial charge in [-0.25, -0.2) is 4.79 Å². The maximum atomic E-state index is 13.1. The molecule has 7 nitrogen and oxygen atoms in total. The second-order valence-electron chi connectivity index (χ2n) is 13.3. The lowest BCUT2D eigenvalue weighted by molar-refractivity contribution is -0.136. The minimum atomic E-state index is -4.15. The van der Waals surface area contributed by atoms with Crippen LogP contribution in [0.4, 0.5) is 23.7 Å². The summed E-state index contributed by atoms with van der Waals surface area (Å²) in [5, 5.41) is 5.23. The quantitative estimate of drug-likeness (QED) is 0.298. The van der Waals surface area contributed by atoms with Crippen LogP contribution in [0.5, 0.6) is 0 Å². The Morgan fingerprint density at radius 2 is 1.74 bits per heavy atom. The van der Waals surface area contributed by atoms with Crippen LogP contribution in [0, 0.1) is 19.3 Å². The minimum absolute atomic E-state index is 0.0659. The highest BCUT2D eigenvalue weighted by atomic mass is 32.2. The van der Waals surface area contributed by atoms with Crippen LogP contribution in [-0.2, 0) is 16.0 Å². The Hall–Kier alpha value is -2.40. The fourth-order valence-electron chi connectivity index (χ4n) is 6.18. The molecule has 1 atom stereocenters. The fourth-order valence-corrected chi connectivity index (χ4v) is 8.03. The molecule has 11 heteroatoms. The number of rotatable bonds is 9. The van der Waals surface area contributed by atoms with Gasteiger partial charge in [-0.15, -0.1) is 10.7 Å². The summed E-state index contributed by atoms with van der Waals surface area (Å²) in [5.41, 5.74) is 2.61. The van der Waals surface area contributed by atoms with Gasteiger partial charge in [0.15, 0.2) is 0 Å². The van der Waals surface area contributed by atoms with Gasteiger partial charge >= 0.3 is 12.3 Å². The molecule has 240 valence electrons. The van der Waals surface area contributed by atoms with E-state index < -0.39 is 23.7 Å². The van der Waals surface area contributed by atoms with E-state index in [1.54, 1.807) is 11.9 Å². The minimum Gasteiger partial charge on any atom is -0.443 e. The van der Waals surface area contributed by atoms with E-state index in [2.05, 4.69) is 35.8 Å². The van der Waals surface area contributed by atoms with Crippen LogP contribution in [-0.4, -0.2) is 70.7 Å². The first kappa shape index (κ1) is 33.5. The number of amides is 2. The Bertz CT molecular complexity index is 1270. The van der Waals surface area contributed by atoms with E-state index in [4.69, 9.17) is 9.73 Å². The number of nitrogens with one attached hydrogen (secondary N) is 1. The number of aryl methyl sites for hydroxylation is 2. The van der Waals surface area contributed by atoms with Gasteiger partial charge in [-0.2, -0.15) is 13.2 Å². The van der Waals surface area contributed by atoms with Crippen LogP contribution >= 0.6 is 10.7 Å². The molecular weight excluding hydrogens is 577 g/mol. The number of aliphatic imine (C=N–C) groups is 1. The number of ether oxygens (including phenoxy) is 1. The van der Waals surface area contributed by atoms with Crippen molar-refractivity contribution in [2.75, 3.05) is 30.8 Å². The molecule has 2 heterocycles. The molecule has 1 N–H and O–H groups in total. The number of alkyl halides is 3. The Morgan fingerprint density at radius 3 is 2.26 bits per heavy atom. The van der Waals surface area contributed by atoms with E-state index in [9.17, 15) is 22.8 Å². The van der Waals surface area contributed by atoms with Crippen molar-refractivity contribution in [1.29, 1.82) is 0 Å². The number of benzene rings is 1. The van der Waals surface area contributed by atoms with E-state index in [0.29, 0.717) is 25.1 Å². The van der Waals surface area contributed by atoms with Crippen LogP contribution in [0.1, 0.15) is 89.3 Å². The third kappa shape index (κ3) is 8.01. The third-order valence-electron chi connectivity index (χ3n) is 8.90. The molecule has 3 aliphatic rings. The van der Waals surface area contributed by atoms with Crippen LogP contribution in [0.2, 0.25) is 0 Å². The van der Waals surface area contributed by atoms with Gasteiger partial charge in [0.2, 0.25) is 0 Å². The van der Waals surface area contributed by atoms with Gasteiger partial charge in [0, 0.05) is 43.4 Å². The van der Waals surface area contributed by atoms with Gasteiger partial charge < -0.3 is 10.1 Å². The van der Waals surface area contributed by atoms with Gasteiger partial charge in [-0.3, -0.25) is 19.0 Å². The predicted molar refractivity (Wildman–Crippen MR) is 169 cm³/mol. The highest BCUT2D eigenvalue weighted by molar-refractivity contribution is 8.12. The molecule has 4 rings (SSSR count). The second-order valence-corrected chi connectivity index (χ2v) is 15.5. The fraction of sp³-hybridized carbons (Fsp3) is 0.688. The molecule has 0 aromatic heterocycles. The standard InChI is InChI=1S/C32H47F3N4O3S/c1-8-43(19-10-25-22(2)20-24(21-23(25)3)38(7)28(41)42-29(4,5)6)39-17-15-31(16-18-39)27(40)36-26(37-31)30(13-14-30)11-9-12-32(33,34)35/h8,20-21H,9-19H2,1-7H3,(H,36,37,40). The topological polar surface area (TPSA) is 74.2 Å². The monoisotopic (exact) mass is 624 g/mol. The molecule has 1 saturated carbocycles. The summed E-state index contributed by atoms with van der Waals surface area (Å²) in [7, 11) is 1.64. The number of hydrogen-bond donors (Lipinski definition) is 1. The predicted octanol–water partition coefficient (Wildman–Crippen LogP) is 7.10. The zero-order chi connectivity index (χ0) is 31.8. The highest BCUT2D eigenvalue weighted by Crippen LogP contribution is 2.53. The average molecular weight is 625 g/mol. The van der Waals surface area contributed by atoms with Crippen LogP contribution in [0.25, 0.3) is 0 Å². The number of amidine groups is 1. The van der Waals surface area contributed by atoms with Crippen LogP contribution < -0.4 is 10.2 Å². The van der Waals surface area contributed by atoms with Crippen LogP contribution in [0.15, 0.2) is 17.1 Å². The Morgan fingerprint density at radius 1 is 1.14 bits per heavy atom. The zero-order valence-corrected chi connectivity index (χ0v) is 27.4.